The van der Waals surface area contributed by atoms with E-state index in [2.05, 4.69) is 50.1 Å². The summed E-state index contributed by atoms with van der Waals surface area (Å²) < 4.78 is 0.816. The van der Waals surface area contributed by atoms with E-state index >= 15 is 0 Å². The molecular formula is C22H23BrN4O. The molecular weight excluding hydrogens is 416 g/mol. The molecule has 0 aliphatic carbocycles. The Labute approximate surface area is 174 Å². The predicted octanol–water partition coefficient (Wildman–Crippen LogP) is 3.91. The van der Waals surface area contributed by atoms with Crippen LogP contribution in [0, 0.1) is 17.2 Å². The summed E-state index contributed by atoms with van der Waals surface area (Å²) in [7, 11) is 0. The second-order valence-electron chi connectivity index (χ2n) is 7.61. The minimum atomic E-state index is 0.271. The first kappa shape index (κ1) is 18.9. The fourth-order valence-corrected chi connectivity index (χ4v) is 4.53. The van der Waals surface area contributed by atoms with Crippen LogP contribution in [0.2, 0.25) is 0 Å². The van der Waals surface area contributed by atoms with E-state index in [0.29, 0.717) is 17.9 Å². The van der Waals surface area contributed by atoms with Crippen molar-refractivity contribution in [1.29, 1.82) is 5.26 Å². The van der Waals surface area contributed by atoms with E-state index in [9.17, 15) is 10.1 Å². The molecule has 0 spiro atoms. The highest BCUT2D eigenvalue weighted by molar-refractivity contribution is 9.10. The van der Waals surface area contributed by atoms with E-state index in [4.69, 9.17) is 0 Å². The highest BCUT2D eigenvalue weighted by Crippen LogP contribution is 2.28. The molecule has 3 heterocycles. The third kappa shape index (κ3) is 4.05. The van der Waals surface area contributed by atoms with E-state index in [0.717, 1.165) is 55.7 Å². The molecule has 4 rings (SSSR count). The number of carbonyl (C=O) groups excluding carboxylic acids is 1. The summed E-state index contributed by atoms with van der Waals surface area (Å²) in [5.74, 6) is 1.43. The lowest BCUT2D eigenvalue weighted by atomic mass is 9.92. The SMILES string of the molecule is N#Cc1cc(Br)cnc1N1CCC(CC(=O)N2CCc3ccccc3C2)CC1. The van der Waals surface area contributed by atoms with Gasteiger partial charge in [-0.2, -0.15) is 5.26 Å². The second kappa shape index (κ2) is 8.32. The number of rotatable bonds is 3. The lowest BCUT2D eigenvalue weighted by Gasteiger charge is -2.35. The van der Waals surface area contributed by atoms with E-state index in [1.807, 2.05) is 17.0 Å². The lowest BCUT2D eigenvalue weighted by molar-refractivity contribution is -0.133. The number of anilines is 1. The molecule has 1 aromatic carbocycles. The van der Waals surface area contributed by atoms with Gasteiger partial charge in [0.15, 0.2) is 0 Å². The number of aromatic nitrogens is 1. The summed E-state index contributed by atoms with van der Waals surface area (Å²) >= 11 is 3.37. The Kier molecular flexibility index (Phi) is 5.63. The molecule has 1 saturated heterocycles. The Bertz CT molecular complexity index is 915. The van der Waals surface area contributed by atoms with Crippen LogP contribution in [0.5, 0.6) is 0 Å². The first-order valence-electron chi connectivity index (χ1n) is 9.79. The Balaban J connectivity index is 1.33. The Morgan fingerprint density at radius 2 is 1.96 bits per heavy atom. The first-order chi connectivity index (χ1) is 13.6. The molecule has 5 nitrogen and oxygen atoms in total. The van der Waals surface area contributed by atoms with Crippen LogP contribution in [0.15, 0.2) is 41.0 Å². The summed E-state index contributed by atoms with van der Waals surface area (Å²) in [4.78, 5) is 21.4. The highest BCUT2D eigenvalue weighted by atomic mass is 79.9. The number of piperidine rings is 1. The van der Waals surface area contributed by atoms with Crippen molar-refractivity contribution in [3.63, 3.8) is 0 Å². The maximum atomic E-state index is 12.8. The van der Waals surface area contributed by atoms with Gasteiger partial charge in [-0.05, 0) is 58.3 Å². The topological polar surface area (TPSA) is 60.2 Å². The van der Waals surface area contributed by atoms with Gasteiger partial charge >= 0.3 is 0 Å². The minimum absolute atomic E-state index is 0.271. The second-order valence-corrected chi connectivity index (χ2v) is 8.52. The maximum absolute atomic E-state index is 12.8. The number of halogens is 1. The van der Waals surface area contributed by atoms with Crippen molar-refractivity contribution in [1.82, 2.24) is 9.88 Å². The lowest BCUT2D eigenvalue weighted by Crippen LogP contribution is -2.39. The van der Waals surface area contributed by atoms with Crippen LogP contribution in [0.4, 0.5) is 5.82 Å². The quantitative estimate of drug-likeness (QED) is 0.728. The first-order valence-corrected chi connectivity index (χ1v) is 10.6. The van der Waals surface area contributed by atoms with Gasteiger partial charge in [0.2, 0.25) is 5.91 Å². The molecule has 1 aromatic heterocycles. The monoisotopic (exact) mass is 438 g/mol. The van der Waals surface area contributed by atoms with Gasteiger partial charge in [0.05, 0.1) is 5.56 Å². The standard InChI is InChI=1S/C22H23BrN4O/c23-20-12-19(13-24)22(25-14-20)26-8-5-16(6-9-26)11-21(28)27-10-7-17-3-1-2-4-18(17)15-27/h1-4,12,14,16H,5-11,15H2. The van der Waals surface area contributed by atoms with Gasteiger partial charge < -0.3 is 9.80 Å². The molecule has 0 unspecified atom stereocenters. The Morgan fingerprint density at radius 1 is 1.21 bits per heavy atom. The summed E-state index contributed by atoms with van der Waals surface area (Å²) in [6.45, 7) is 3.24. The van der Waals surface area contributed by atoms with Gasteiger partial charge in [-0.15, -0.1) is 0 Å². The zero-order chi connectivity index (χ0) is 19.5. The van der Waals surface area contributed by atoms with Gasteiger partial charge in [0.1, 0.15) is 11.9 Å². The van der Waals surface area contributed by atoms with Crippen molar-refractivity contribution in [3.05, 3.63) is 57.7 Å². The minimum Gasteiger partial charge on any atom is -0.356 e. The largest absolute Gasteiger partial charge is 0.356 e. The average molecular weight is 439 g/mol. The van der Waals surface area contributed by atoms with Crippen LogP contribution in [0.3, 0.4) is 0 Å². The maximum Gasteiger partial charge on any atom is 0.223 e. The molecule has 2 aromatic rings. The van der Waals surface area contributed by atoms with E-state index in [1.54, 1.807) is 6.20 Å². The van der Waals surface area contributed by atoms with Crippen LogP contribution in [0.25, 0.3) is 0 Å². The van der Waals surface area contributed by atoms with E-state index < -0.39 is 0 Å². The smallest absolute Gasteiger partial charge is 0.223 e. The molecule has 2 aliphatic heterocycles. The molecule has 0 atom stereocenters. The fraction of sp³-hybridized carbons (Fsp3) is 0.409. The van der Waals surface area contributed by atoms with Crippen molar-refractivity contribution >= 4 is 27.7 Å². The number of carbonyl (C=O) groups is 1. The van der Waals surface area contributed by atoms with Gasteiger partial charge in [0, 0.05) is 43.3 Å². The molecule has 28 heavy (non-hydrogen) atoms. The molecule has 0 radical (unpaired) electrons. The van der Waals surface area contributed by atoms with Crippen LogP contribution >= 0.6 is 15.9 Å². The van der Waals surface area contributed by atoms with Crippen molar-refractivity contribution in [3.8, 4) is 6.07 Å². The van der Waals surface area contributed by atoms with Crippen LogP contribution in [-0.2, 0) is 17.8 Å². The Hall–Kier alpha value is -2.39. The Morgan fingerprint density at radius 3 is 2.71 bits per heavy atom. The zero-order valence-corrected chi connectivity index (χ0v) is 17.4. The number of nitriles is 1. The number of fused-ring (bicyclic) bond motifs is 1. The molecule has 0 bridgehead atoms. The van der Waals surface area contributed by atoms with Gasteiger partial charge in [-0.3, -0.25) is 4.79 Å². The van der Waals surface area contributed by atoms with Crippen molar-refractivity contribution in [2.24, 2.45) is 5.92 Å². The van der Waals surface area contributed by atoms with E-state index in [1.165, 1.54) is 11.1 Å². The molecule has 1 amide bonds. The molecule has 1 fully saturated rings. The average Bonchev–Trinajstić information content (AvgIpc) is 2.74. The van der Waals surface area contributed by atoms with Gasteiger partial charge in [-0.1, -0.05) is 24.3 Å². The number of hydrogen-bond acceptors (Lipinski definition) is 4. The molecule has 6 heteroatoms. The zero-order valence-electron chi connectivity index (χ0n) is 15.8. The van der Waals surface area contributed by atoms with Crippen molar-refractivity contribution < 1.29 is 4.79 Å². The molecule has 2 aliphatic rings. The third-order valence-corrected chi connectivity index (χ3v) is 6.25. The van der Waals surface area contributed by atoms with Gasteiger partial charge in [-0.25, -0.2) is 4.98 Å². The number of hydrogen-bond donors (Lipinski definition) is 0. The molecule has 144 valence electrons. The molecule has 0 N–H and O–H groups in total. The summed E-state index contributed by atoms with van der Waals surface area (Å²) in [5.41, 5.74) is 3.24. The predicted molar refractivity (Wildman–Crippen MR) is 112 cm³/mol. The normalized spacial score (nSPS) is 17.1. The summed E-state index contributed by atoms with van der Waals surface area (Å²) in [6, 6.07) is 12.5. The number of amides is 1. The van der Waals surface area contributed by atoms with Crippen molar-refractivity contribution in [2.75, 3.05) is 24.5 Å². The summed E-state index contributed by atoms with van der Waals surface area (Å²) in [5, 5.41) is 9.37. The molecule has 0 saturated carbocycles. The third-order valence-electron chi connectivity index (χ3n) is 5.81. The van der Waals surface area contributed by atoms with E-state index in [-0.39, 0.29) is 5.91 Å². The number of nitrogens with zero attached hydrogens (tertiary/aromatic N) is 4. The summed E-state index contributed by atoms with van der Waals surface area (Å²) in [6.07, 6.45) is 5.22. The van der Waals surface area contributed by atoms with Crippen molar-refractivity contribution in [2.45, 2.75) is 32.2 Å². The van der Waals surface area contributed by atoms with Crippen LogP contribution in [0.1, 0.15) is 36.0 Å². The van der Waals surface area contributed by atoms with Crippen LogP contribution < -0.4 is 4.90 Å². The fourth-order valence-electron chi connectivity index (χ4n) is 4.20. The highest BCUT2D eigenvalue weighted by Gasteiger charge is 2.27. The number of pyridine rings is 1. The number of benzene rings is 1. The van der Waals surface area contributed by atoms with Gasteiger partial charge in [0.25, 0.3) is 0 Å². The van der Waals surface area contributed by atoms with Crippen LogP contribution in [-0.4, -0.2) is 35.4 Å².